The van der Waals surface area contributed by atoms with Crippen molar-refractivity contribution in [2.24, 2.45) is 0 Å². The molecule has 0 atom stereocenters. The van der Waals surface area contributed by atoms with E-state index in [0.29, 0.717) is 22.8 Å². The van der Waals surface area contributed by atoms with E-state index in [4.69, 9.17) is 19.5 Å². The summed E-state index contributed by atoms with van der Waals surface area (Å²) in [4.78, 5) is 4.33. The molecule has 0 amide bonds. The lowest BCUT2D eigenvalue weighted by molar-refractivity contribution is 0.324. The van der Waals surface area contributed by atoms with Gasteiger partial charge in [0.05, 0.1) is 38.5 Å². The number of rotatable bonds is 5. The van der Waals surface area contributed by atoms with Crippen molar-refractivity contribution in [2.45, 2.75) is 0 Å². The fourth-order valence-corrected chi connectivity index (χ4v) is 2.63. The molecule has 0 unspecified atom stereocenters. The van der Waals surface area contributed by atoms with Crippen molar-refractivity contribution in [3.63, 3.8) is 0 Å². The summed E-state index contributed by atoms with van der Waals surface area (Å²) in [5.74, 6) is 1.64. The van der Waals surface area contributed by atoms with Crippen molar-refractivity contribution in [3.8, 4) is 23.3 Å². The van der Waals surface area contributed by atoms with Crippen LogP contribution in [-0.2, 0) is 0 Å². The second-order valence-corrected chi connectivity index (χ2v) is 5.24. The predicted molar refractivity (Wildman–Crippen MR) is 95.8 cm³/mol. The molecule has 0 aliphatic carbocycles. The van der Waals surface area contributed by atoms with Crippen LogP contribution in [-0.4, -0.2) is 26.3 Å². The second-order valence-electron chi connectivity index (χ2n) is 5.24. The molecule has 25 heavy (non-hydrogen) atoms. The third kappa shape index (κ3) is 3.12. The van der Waals surface area contributed by atoms with Crippen LogP contribution in [0.3, 0.4) is 0 Å². The lowest BCUT2D eigenvalue weighted by atomic mass is 10.1. The Hall–Kier alpha value is -3.46. The molecule has 1 N–H and O–H groups in total. The summed E-state index contributed by atoms with van der Waals surface area (Å²) < 4.78 is 16.1. The first-order valence-electron chi connectivity index (χ1n) is 7.56. The molecule has 0 aliphatic heterocycles. The number of aromatic nitrogens is 1. The van der Waals surface area contributed by atoms with Crippen LogP contribution in [0.4, 0.5) is 11.4 Å². The van der Waals surface area contributed by atoms with Crippen molar-refractivity contribution in [1.82, 2.24) is 4.98 Å². The van der Waals surface area contributed by atoms with Gasteiger partial charge in [-0.25, -0.2) is 0 Å². The predicted octanol–water partition coefficient (Wildman–Crippen LogP) is 3.88. The lowest BCUT2D eigenvalue weighted by Gasteiger charge is -2.16. The van der Waals surface area contributed by atoms with Gasteiger partial charge in [-0.2, -0.15) is 5.26 Å². The van der Waals surface area contributed by atoms with Crippen LogP contribution in [0.5, 0.6) is 17.2 Å². The van der Waals surface area contributed by atoms with Crippen LogP contribution in [0.15, 0.2) is 42.6 Å². The van der Waals surface area contributed by atoms with Crippen molar-refractivity contribution >= 4 is 22.3 Å². The maximum Gasteiger partial charge on any atom is 0.203 e. The normalized spacial score (nSPS) is 10.2. The number of fused-ring (bicyclic) bond motifs is 1. The highest BCUT2D eigenvalue weighted by Crippen LogP contribution is 2.41. The van der Waals surface area contributed by atoms with Gasteiger partial charge in [0.2, 0.25) is 5.75 Å². The molecule has 6 nitrogen and oxygen atoms in total. The van der Waals surface area contributed by atoms with Gasteiger partial charge >= 0.3 is 0 Å². The van der Waals surface area contributed by atoms with Crippen LogP contribution in [0, 0.1) is 11.3 Å². The molecule has 0 radical (unpaired) electrons. The molecule has 0 aliphatic rings. The van der Waals surface area contributed by atoms with Crippen molar-refractivity contribution in [1.29, 1.82) is 5.26 Å². The Labute approximate surface area is 145 Å². The highest BCUT2D eigenvalue weighted by Gasteiger charge is 2.14. The van der Waals surface area contributed by atoms with E-state index in [1.54, 1.807) is 33.6 Å². The summed E-state index contributed by atoms with van der Waals surface area (Å²) in [7, 11) is 4.71. The number of nitrogens with zero attached hydrogens (tertiary/aromatic N) is 2. The van der Waals surface area contributed by atoms with Gasteiger partial charge in [-0.15, -0.1) is 0 Å². The molecule has 6 heteroatoms. The summed E-state index contributed by atoms with van der Waals surface area (Å²) in [5, 5.41) is 13.3. The standard InChI is InChI=1S/C19H17N3O3/c1-23-17-9-13(10-18(24-2)19(17)25-3)22-16-6-7-21-15-5-4-12(11-20)8-14(15)16/h4-10H,1-3H3,(H,21,22). The van der Waals surface area contributed by atoms with Gasteiger partial charge in [0.25, 0.3) is 0 Å². The monoisotopic (exact) mass is 335 g/mol. The molecular formula is C19H17N3O3. The van der Waals surface area contributed by atoms with Gasteiger partial charge in [-0.3, -0.25) is 4.98 Å². The van der Waals surface area contributed by atoms with Crippen LogP contribution >= 0.6 is 0 Å². The van der Waals surface area contributed by atoms with Gasteiger partial charge in [-0.05, 0) is 24.3 Å². The Kier molecular flexibility index (Phi) is 4.57. The molecule has 0 saturated carbocycles. The average molecular weight is 335 g/mol. The summed E-state index contributed by atoms with van der Waals surface area (Å²) in [6.45, 7) is 0. The zero-order chi connectivity index (χ0) is 17.8. The number of hydrogen-bond acceptors (Lipinski definition) is 6. The minimum atomic E-state index is 0.530. The Morgan fingerprint density at radius 1 is 0.960 bits per heavy atom. The number of nitrogens with one attached hydrogen (secondary N) is 1. The fraction of sp³-hybridized carbons (Fsp3) is 0.158. The molecule has 3 aromatic rings. The molecule has 1 heterocycles. The third-order valence-corrected chi connectivity index (χ3v) is 3.81. The minimum Gasteiger partial charge on any atom is -0.493 e. The number of hydrogen-bond donors (Lipinski definition) is 1. The molecule has 1 aromatic heterocycles. The van der Waals surface area contributed by atoms with Crippen LogP contribution in [0.2, 0.25) is 0 Å². The van der Waals surface area contributed by atoms with Gasteiger partial charge in [-0.1, -0.05) is 0 Å². The topological polar surface area (TPSA) is 76.4 Å². The third-order valence-electron chi connectivity index (χ3n) is 3.81. The van der Waals surface area contributed by atoms with E-state index in [1.807, 2.05) is 30.3 Å². The Bertz CT molecular complexity index is 939. The van der Waals surface area contributed by atoms with Gasteiger partial charge in [0.15, 0.2) is 11.5 Å². The van der Waals surface area contributed by atoms with E-state index in [-0.39, 0.29) is 0 Å². The van der Waals surface area contributed by atoms with E-state index < -0.39 is 0 Å². The summed E-state index contributed by atoms with van der Waals surface area (Å²) in [5.41, 5.74) is 2.98. The molecule has 0 bridgehead atoms. The molecule has 126 valence electrons. The number of pyridine rings is 1. The van der Waals surface area contributed by atoms with Gasteiger partial charge < -0.3 is 19.5 Å². The Morgan fingerprint density at radius 2 is 1.68 bits per heavy atom. The molecule has 0 saturated heterocycles. The maximum atomic E-state index is 9.13. The van der Waals surface area contributed by atoms with Crippen LogP contribution in [0.1, 0.15) is 5.56 Å². The molecular weight excluding hydrogens is 318 g/mol. The van der Waals surface area contributed by atoms with E-state index in [1.165, 1.54) is 0 Å². The molecule has 3 rings (SSSR count). The van der Waals surface area contributed by atoms with Crippen molar-refractivity contribution in [3.05, 3.63) is 48.2 Å². The minimum absolute atomic E-state index is 0.530. The van der Waals surface area contributed by atoms with Crippen LogP contribution < -0.4 is 19.5 Å². The van der Waals surface area contributed by atoms with Crippen molar-refractivity contribution < 1.29 is 14.2 Å². The van der Waals surface area contributed by atoms with Crippen molar-refractivity contribution in [2.75, 3.05) is 26.6 Å². The van der Waals surface area contributed by atoms with E-state index >= 15 is 0 Å². The number of nitriles is 1. The van der Waals surface area contributed by atoms with Gasteiger partial charge in [0, 0.05) is 35.1 Å². The molecule has 2 aromatic carbocycles. The van der Waals surface area contributed by atoms with E-state index in [9.17, 15) is 0 Å². The van der Waals surface area contributed by atoms with E-state index in [0.717, 1.165) is 22.3 Å². The number of anilines is 2. The second kappa shape index (κ2) is 6.97. The zero-order valence-electron chi connectivity index (χ0n) is 14.2. The summed E-state index contributed by atoms with van der Waals surface area (Å²) >= 11 is 0. The first kappa shape index (κ1) is 16.4. The fourth-order valence-electron chi connectivity index (χ4n) is 2.63. The van der Waals surface area contributed by atoms with Gasteiger partial charge in [0.1, 0.15) is 0 Å². The van der Waals surface area contributed by atoms with Crippen LogP contribution in [0.25, 0.3) is 10.9 Å². The maximum absolute atomic E-state index is 9.13. The number of methoxy groups -OCH3 is 3. The summed E-state index contributed by atoms with van der Waals surface area (Å²) in [6.07, 6.45) is 1.72. The quantitative estimate of drug-likeness (QED) is 0.762. The highest BCUT2D eigenvalue weighted by molar-refractivity contribution is 5.93. The Morgan fingerprint density at radius 3 is 2.28 bits per heavy atom. The lowest BCUT2D eigenvalue weighted by Crippen LogP contribution is -1.98. The molecule has 0 spiro atoms. The molecule has 0 fully saturated rings. The highest BCUT2D eigenvalue weighted by atomic mass is 16.5. The first-order chi connectivity index (χ1) is 12.2. The average Bonchev–Trinajstić information content (AvgIpc) is 2.67. The SMILES string of the molecule is COc1cc(Nc2ccnc3ccc(C#N)cc23)cc(OC)c1OC. The number of ether oxygens (including phenoxy) is 3. The number of benzene rings is 2. The first-order valence-corrected chi connectivity index (χ1v) is 7.56. The Balaban J connectivity index is 2.08. The zero-order valence-corrected chi connectivity index (χ0v) is 14.2. The summed E-state index contributed by atoms with van der Waals surface area (Å²) in [6, 6.07) is 13.0. The van der Waals surface area contributed by atoms with E-state index in [2.05, 4.69) is 16.4 Å². The smallest absolute Gasteiger partial charge is 0.203 e. The largest absolute Gasteiger partial charge is 0.493 e.